The summed E-state index contributed by atoms with van der Waals surface area (Å²) in [6.07, 6.45) is 5.98. The predicted octanol–water partition coefficient (Wildman–Crippen LogP) is 3.30. The zero-order chi connectivity index (χ0) is 15.1. The number of amides is 1. The van der Waals surface area contributed by atoms with E-state index in [4.69, 9.17) is 4.74 Å². The molecule has 1 aromatic rings. The maximum absolute atomic E-state index is 12.2. The molecule has 114 valence electrons. The lowest BCUT2D eigenvalue weighted by molar-refractivity contribution is 0.0164. The van der Waals surface area contributed by atoms with Crippen LogP contribution in [-0.2, 0) is 16.6 Å². The number of aryl methyl sites for hydroxylation is 1. The summed E-state index contributed by atoms with van der Waals surface area (Å²) in [7, 11) is 0. The number of piperidine rings is 1. The molecule has 1 spiro atoms. The van der Waals surface area contributed by atoms with Crippen LogP contribution in [0.15, 0.2) is 18.3 Å². The molecule has 1 saturated heterocycles. The number of carbonyl (C=O) groups is 1. The highest BCUT2D eigenvalue weighted by Gasteiger charge is 2.42. The molecule has 0 N–H and O–H groups in total. The van der Waals surface area contributed by atoms with Gasteiger partial charge in [-0.05, 0) is 58.1 Å². The normalized spacial score (nSPS) is 20.4. The van der Waals surface area contributed by atoms with Gasteiger partial charge in [0.1, 0.15) is 5.60 Å². The molecule has 1 aromatic heterocycles. The number of hydrogen-bond donors (Lipinski definition) is 0. The Bertz CT molecular complexity index is 540. The minimum Gasteiger partial charge on any atom is -0.444 e. The SMILES string of the molecule is CC(C)(C)OC(=O)N1CCC2(CCc3ncccc32)CC1. The molecule has 21 heavy (non-hydrogen) atoms. The maximum atomic E-state index is 12.2. The van der Waals surface area contributed by atoms with Crippen molar-refractivity contribution in [1.29, 1.82) is 0 Å². The van der Waals surface area contributed by atoms with E-state index in [0.717, 1.165) is 32.4 Å². The molecule has 0 bridgehead atoms. The van der Waals surface area contributed by atoms with Crippen molar-refractivity contribution in [3.8, 4) is 0 Å². The summed E-state index contributed by atoms with van der Waals surface area (Å²) in [5.74, 6) is 0. The molecule has 0 saturated carbocycles. The molecule has 4 heteroatoms. The first-order valence-electron chi connectivity index (χ1n) is 7.82. The van der Waals surface area contributed by atoms with Crippen LogP contribution in [0.4, 0.5) is 4.79 Å². The quantitative estimate of drug-likeness (QED) is 0.735. The Morgan fingerprint density at radius 2 is 2.00 bits per heavy atom. The van der Waals surface area contributed by atoms with E-state index in [1.807, 2.05) is 37.9 Å². The molecule has 2 aliphatic rings. The summed E-state index contributed by atoms with van der Waals surface area (Å²) < 4.78 is 5.47. The molecule has 0 radical (unpaired) electrons. The first-order chi connectivity index (χ1) is 9.90. The van der Waals surface area contributed by atoms with Crippen LogP contribution >= 0.6 is 0 Å². The Kier molecular flexibility index (Phi) is 3.42. The van der Waals surface area contributed by atoms with Crippen LogP contribution in [0.5, 0.6) is 0 Å². The number of ether oxygens (including phenoxy) is 1. The van der Waals surface area contributed by atoms with Crippen LogP contribution in [0, 0.1) is 0 Å². The Balaban J connectivity index is 1.68. The Morgan fingerprint density at radius 1 is 1.29 bits per heavy atom. The number of hydrogen-bond acceptors (Lipinski definition) is 3. The molecule has 0 aromatic carbocycles. The van der Waals surface area contributed by atoms with Crippen molar-refractivity contribution in [3.05, 3.63) is 29.6 Å². The number of rotatable bonds is 0. The largest absolute Gasteiger partial charge is 0.444 e. The number of fused-ring (bicyclic) bond motifs is 2. The van der Waals surface area contributed by atoms with Crippen molar-refractivity contribution in [3.63, 3.8) is 0 Å². The summed E-state index contributed by atoms with van der Waals surface area (Å²) in [4.78, 5) is 18.5. The van der Waals surface area contributed by atoms with Gasteiger partial charge in [-0.2, -0.15) is 0 Å². The van der Waals surface area contributed by atoms with E-state index in [1.165, 1.54) is 17.7 Å². The smallest absolute Gasteiger partial charge is 0.410 e. The van der Waals surface area contributed by atoms with Crippen LogP contribution in [0.25, 0.3) is 0 Å². The number of carbonyl (C=O) groups excluding carboxylic acids is 1. The third kappa shape index (κ3) is 2.76. The number of likely N-dealkylation sites (tertiary alicyclic amines) is 1. The second-order valence-corrected chi connectivity index (χ2v) is 7.25. The molecular weight excluding hydrogens is 264 g/mol. The van der Waals surface area contributed by atoms with E-state index >= 15 is 0 Å². The summed E-state index contributed by atoms with van der Waals surface area (Å²) in [5.41, 5.74) is 2.48. The van der Waals surface area contributed by atoms with E-state index in [1.54, 1.807) is 0 Å². The molecule has 1 aliphatic heterocycles. The first-order valence-corrected chi connectivity index (χ1v) is 7.82. The number of pyridine rings is 1. The van der Waals surface area contributed by atoms with Gasteiger partial charge in [-0.15, -0.1) is 0 Å². The molecular formula is C17H24N2O2. The van der Waals surface area contributed by atoms with Crippen LogP contribution < -0.4 is 0 Å². The highest BCUT2D eigenvalue weighted by Crippen LogP contribution is 2.45. The molecule has 2 heterocycles. The van der Waals surface area contributed by atoms with Crippen molar-refractivity contribution in [1.82, 2.24) is 9.88 Å². The molecule has 1 fully saturated rings. The summed E-state index contributed by atoms with van der Waals surface area (Å²) >= 11 is 0. The fraction of sp³-hybridized carbons (Fsp3) is 0.647. The number of aromatic nitrogens is 1. The molecule has 0 atom stereocenters. The zero-order valence-corrected chi connectivity index (χ0v) is 13.2. The molecule has 1 aliphatic carbocycles. The second-order valence-electron chi connectivity index (χ2n) is 7.25. The summed E-state index contributed by atoms with van der Waals surface area (Å²) in [5, 5.41) is 0. The highest BCUT2D eigenvalue weighted by atomic mass is 16.6. The summed E-state index contributed by atoms with van der Waals surface area (Å²) in [6.45, 7) is 7.30. The molecule has 0 unspecified atom stereocenters. The fourth-order valence-corrected chi connectivity index (χ4v) is 3.58. The van der Waals surface area contributed by atoms with Gasteiger partial charge in [0.25, 0.3) is 0 Å². The Labute approximate surface area is 126 Å². The van der Waals surface area contributed by atoms with E-state index in [2.05, 4.69) is 11.1 Å². The highest BCUT2D eigenvalue weighted by molar-refractivity contribution is 5.68. The van der Waals surface area contributed by atoms with Crippen LogP contribution in [-0.4, -0.2) is 34.7 Å². The lowest BCUT2D eigenvalue weighted by atomic mass is 9.74. The van der Waals surface area contributed by atoms with Gasteiger partial charge in [0, 0.05) is 30.4 Å². The van der Waals surface area contributed by atoms with Gasteiger partial charge in [0.15, 0.2) is 0 Å². The van der Waals surface area contributed by atoms with E-state index in [9.17, 15) is 4.79 Å². The summed E-state index contributed by atoms with van der Waals surface area (Å²) in [6, 6.07) is 4.25. The van der Waals surface area contributed by atoms with Crippen LogP contribution in [0.1, 0.15) is 51.3 Å². The average molecular weight is 288 g/mol. The van der Waals surface area contributed by atoms with E-state index in [0.29, 0.717) is 0 Å². The maximum Gasteiger partial charge on any atom is 0.410 e. The van der Waals surface area contributed by atoms with Crippen LogP contribution in [0.3, 0.4) is 0 Å². The topological polar surface area (TPSA) is 42.4 Å². The minimum atomic E-state index is -0.421. The van der Waals surface area contributed by atoms with Crippen LogP contribution in [0.2, 0.25) is 0 Å². The third-order valence-corrected chi connectivity index (χ3v) is 4.67. The number of nitrogens with zero attached hydrogens (tertiary/aromatic N) is 2. The second kappa shape index (κ2) is 5.00. The van der Waals surface area contributed by atoms with Gasteiger partial charge in [-0.25, -0.2) is 4.79 Å². The van der Waals surface area contributed by atoms with Gasteiger partial charge in [0.2, 0.25) is 0 Å². The molecule has 3 rings (SSSR count). The van der Waals surface area contributed by atoms with Gasteiger partial charge < -0.3 is 9.64 Å². The molecule has 4 nitrogen and oxygen atoms in total. The standard InChI is InChI=1S/C17H24N2O2/c1-16(2,3)21-15(20)19-11-8-17(9-12-19)7-6-14-13(17)5-4-10-18-14/h4-5,10H,6-9,11-12H2,1-3H3. The monoisotopic (exact) mass is 288 g/mol. The zero-order valence-electron chi connectivity index (χ0n) is 13.2. The fourth-order valence-electron chi connectivity index (χ4n) is 3.58. The predicted molar refractivity (Wildman–Crippen MR) is 81.3 cm³/mol. The van der Waals surface area contributed by atoms with Crippen molar-refractivity contribution in [2.45, 2.75) is 57.5 Å². The Morgan fingerprint density at radius 3 is 2.67 bits per heavy atom. The van der Waals surface area contributed by atoms with Gasteiger partial charge in [-0.3, -0.25) is 4.98 Å². The van der Waals surface area contributed by atoms with Crippen molar-refractivity contribution in [2.24, 2.45) is 0 Å². The molecule has 1 amide bonds. The van der Waals surface area contributed by atoms with Crippen molar-refractivity contribution >= 4 is 6.09 Å². The Hall–Kier alpha value is -1.58. The van der Waals surface area contributed by atoms with Crippen molar-refractivity contribution in [2.75, 3.05) is 13.1 Å². The first kappa shape index (κ1) is 14.4. The van der Waals surface area contributed by atoms with Gasteiger partial charge in [-0.1, -0.05) is 6.07 Å². The van der Waals surface area contributed by atoms with Gasteiger partial charge in [0.05, 0.1) is 0 Å². The lowest BCUT2D eigenvalue weighted by Gasteiger charge is -2.40. The minimum absolute atomic E-state index is 0.179. The van der Waals surface area contributed by atoms with Gasteiger partial charge >= 0.3 is 6.09 Å². The van der Waals surface area contributed by atoms with E-state index < -0.39 is 5.60 Å². The van der Waals surface area contributed by atoms with E-state index in [-0.39, 0.29) is 11.5 Å². The lowest BCUT2D eigenvalue weighted by Crippen LogP contribution is -2.46. The average Bonchev–Trinajstić information content (AvgIpc) is 2.77. The van der Waals surface area contributed by atoms with Crippen molar-refractivity contribution < 1.29 is 9.53 Å². The third-order valence-electron chi connectivity index (χ3n) is 4.67.